The van der Waals surface area contributed by atoms with Crippen molar-refractivity contribution in [3.63, 3.8) is 0 Å². The van der Waals surface area contributed by atoms with Crippen molar-refractivity contribution >= 4 is 16.1 Å². The summed E-state index contributed by atoms with van der Waals surface area (Å²) in [6.07, 6.45) is 0.939. The van der Waals surface area contributed by atoms with Crippen molar-refractivity contribution in [3.8, 4) is 0 Å². The summed E-state index contributed by atoms with van der Waals surface area (Å²) in [7, 11) is -5.84. The SMILES string of the molecule is CCC(C)(N=C(N)N)C(C)(C)C.O=S(=O)(O)C(F)(F)F. The first-order valence-corrected chi connectivity index (χ1v) is 7.06. The fourth-order valence-corrected chi connectivity index (χ4v) is 1.06. The summed E-state index contributed by atoms with van der Waals surface area (Å²) in [5, 5.41) is 0. The number of aliphatic imine (C=N–C) groups is 1. The van der Waals surface area contributed by atoms with Crippen LogP contribution in [0.3, 0.4) is 0 Å². The minimum Gasteiger partial charge on any atom is -0.370 e. The molecule has 0 rings (SSSR count). The van der Waals surface area contributed by atoms with Gasteiger partial charge in [0.05, 0.1) is 5.54 Å². The van der Waals surface area contributed by atoms with Crippen LogP contribution in [0.25, 0.3) is 0 Å². The Balaban J connectivity index is 0. The Bertz CT molecular complexity index is 437. The highest BCUT2D eigenvalue weighted by atomic mass is 32.2. The molecule has 0 aromatic heterocycles. The molecule has 1 unspecified atom stereocenters. The number of hydrogen-bond acceptors (Lipinski definition) is 3. The molecule has 10 heteroatoms. The van der Waals surface area contributed by atoms with Crippen LogP contribution in [0.1, 0.15) is 41.0 Å². The molecule has 5 N–H and O–H groups in total. The lowest BCUT2D eigenvalue weighted by molar-refractivity contribution is -0.0510. The summed E-state index contributed by atoms with van der Waals surface area (Å²) in [6, 6.07) is 0. The van der Waals surface area contributed by atoms with E-state index in [4.69, 9.17) is 24.4 Å². The van der Waals surface area contributed by atoms with Crippen LogP contribution >= 0.6 is 0 Å². The van der Waals surface area contributed by atoms with Crippen molar-refractivity contribution in [2.45, 2.75) is 52.1 Å². The highest BCUT2D eigenvalue weighted by molar-refractivity contribution is 7.86. The lowest BCUT2D eigenvalue weighted by Gasteiger charge is -2.37. The van der Waals surface area contributed by atoms with Gasteiger partial charge in [-0.2, -0.15) is 21.6 Å². The fourth-order valence-electron chi connectivity index (χ4n) is 1.06. The monoisotopic (exact) mass is 321 g/mol. The average Bonchev–Trinajstić information content (AvgIpc) is 2.12. The van der Waals surface area contributed by atoms with Gasteiger partial charge in [0.25, 0.3) is 0 Å². The van der Waals surface area contributed by atoms with Crippen LogP contribution in [-0.4, -0.2) is 30.0 Å². The van der Waals surface area contributed by atoms with Gasteiger partial charge < -0.3 is 11.5 Å². The second kappa shape index (κ2) is 6.61. The predicted octanol–water partition coefficient (Wildman–Crippen LogP) is 1.87. The molecule has 122 valence electrons. The van der Waals surface area contributed by atoms with E-state index in [0.717, 1.165) is 6.42 Å². The Morgan fingerprint density at radius 2 is 1.45 bits per heavy atom. The zero-order valence-corrected chi connectivity index (χ0v) is 12.9. The van der Waals surface area contributed by atoms with Crippen LogP contribution in [0, 0.1) is 5.41 Å². The first kappa shape index (κ1) is 21.3. The predicted molar refractivity (Wildman–Crippen MR) is 71.6 cm³/mol. The zero-order valence-electron chi connectivity index (χ0n) is 12.1. The first-order valence-electron chi connectivity index (χ1n) is 5.62. The van der Waals surface area contributed by atoms with Crippen molar-refractivity contribution in [2.75, 3.05) is 0 Å². The van der Waals surface area contributed by atoms with Gasteiger partial charge in [-0.1, -0.05) is 27.7 Å². The van der Waals surface area contributed by atoms with E-state index >= 15 is 0 Å². The van der Waals surface area contributed by atoms with E-state index in [1.54, 1.807) is 0 Å². The lowest BCUT2D eigenvalue weighted by Crippen LogP contribution is -2.41. The maximum absolute atomic E-state index is 10.7. The second-order valence-corrected chi connectivity index (χ2v) is 6.75. The topological polar surface area (TPSA) is 119 Å². The molecule has 0 amide bonds. The molecule has 0 aromatic carbocycles. The van der Waals surface area contributed by atoms with Crippen LogP contribution in [-0.2, 0) is 10.1 Å². The van der Waals surface area contributed by atoms with Gasteiger partial charge in [-0.25, -0.2) is 4.99 Å². The number of halogens is 3. The van der Waals surface area contributed by atoms with Crippen LogP contribution in [0.5, 0.6) is 0 Å². The molecule has 0 bridgehead atoms. The molecular weight excluding hydrogens is 299 g/mol. The Labute approximate surface area is 117 Å². The van der Waals surface area contributed by atoms with Gasteiger partial charge in [-0.15, -0.1) is 0 Å². The maximum atomic E-state index is 10.7. The van der Waals surface area contributed by atoms with E-state index < -0.39 is 15.6 Å². The molecule has 0 aliphatic rings. The third-order valence-corrected chi connectivity index (χ3v) is 3.56. The number of guanidine groups is 1. The summed E-state index contributed by atoms with van der Waals surface area (Å²) in [5.41, 5.74) is 5.15. The summed E-state index contributed by atoms with van der Waals surface area (Å²) in [5.74, 6) is 0.175. The Morgan fingerprint density at radius 3 is 1.50 bits per heavy atom. The number of rotatable bonds is 2. The van der Waals surface area contributed by atoms with Crippen molar-refractivity contribution in [1.82, 2.24) is 0 Å². The van der Waals surface area contributed by atoms with Crippen molar-refractivity contribution in [3.05, 3.63) is 0 Å². The zero-order chi connectivity index (χ0) is 17.0. The lowest BCUT2D eigenvalue weighted by atomic mass is 9.74. The molecule has 20 heavy (non-hydrogen) atoms. The van der Waals surface area contributed by atoms with E-state index in [0.29, 0.717) is 0 Å². The third-order valence-electron chi connectivity index (χ3n) is 2.97. The highest BCUT2D eigenvalue weighted by Gasteiger charge is 2.44. The quantitative estimate of drug-likeness (QED) is 0.310. The number of nitrogens with two attached hydrogens (primary N) is 2. The summed E-state index contributed by atoms with van der Waals surface area (Å²) < 4.78 is 57.5. The maximum Gasteiger partial charge on any atom is 0.522 e. The van der Waals surface area contributed by atoms with Crippen LogP contribution in [0.15, 0.2) is 4.99 Å². The first-order chi connectivity index (χ1) is 8.48. The normalized spacial score (nSPS) is 15.7. The molecular formula is C10H22F3N3O3S. The van der Waals surface area contributed by atoms with Gasteiger partial charge in [0.1, 0.15) is 0 Å². The van der Waals surface area contributed by atoms with Gasteiger partial charge in [0.2, 0.25) is 0 Å². The molecule has 0 radical (unpaired) electrons. The Hall–Kier alpha value is -1.03. The molecule has 0 saturated carbocycles. The van der Waals surface area contributed by atoms with Crippen molar-refractivity contribution in [2.24, 2.45) is 21.9 Å². The minimum absolute atomic E-state index is 0.0890. The van der Waals surface area contributed by atoms with Gasteiger partial charge >= 0.3 is 15.6 Å². The molecule has 0 fully saturated rings. The molecule has 0 aliphatic heterocycles. The van der Waals surface area contributed by atoms with Crippen molar-refractivity contribution < 1.29 is 26.1 Å². The standard InChI is InChI=1S/C9H21N3.CHF3O3S/c1-6-9(5,8(2,3)4)12-7(10)11;2-1(3,4)8(5,6)7/h6H2,1-5H3,(H4,10,11,12);(H,5,6,7). The largest absolute Gasteiger partial charge is 0.522 e. The van der Waals surface area contributed by atoms with Crippen molar-refractivity contribution in [1.29, 1.82) is 0 Å². The third kappa shape index (κ3) is 6.94. The second-order valence-electron chi connectivity index (χ2n) is 5.33. The average molecular weight is 321 g/mol. The Kier molecular flexibility index (Phi) is 7.04. The molecule has 0 heterocycles. The molecule has 0 spiro atoms. The number of hydrogen-bond donors (Lipinski definition) is 3. The van der Waals surface area contributed by atoms with Crippen LogP contribution < -0.4 is 11.5 Å². The van der Waals surface area contributed by atoms with Gasteiger partial charge in [-0.3, -0.25) is 4.55 Å². The molecule has 1 atom stereocenters. The highest BCUT2D eigenvalue weighted by Crippen LogP contribution is 2.36. The van der Waals surface area contributed by atoms with E-state index in [1.807, 2.05) is 0 Å². The summed E-state index contributed by atoms with van der Waals surface area (Å²) in [6.45, 7) is 10.6. The minimum atomic E-state index is -5.84. The summed E-state index contributed by atoms with van der Waals surface area (Å²) >= 11 is 0. The van der Waals surface area contributed by atoms with Gasteiger partial charge in [0.15, 0.2) is 5.96 Å². The molecule has 0 aliphatic carbocycles. The van der Waals surface area contributed by atoms with Crippen LogP contribution in [0.4, 0.5) is 13.2 Å². The van der Waals surface area contributed by atoms with Gasteiger partial charge in [-0.05, 0) is 18.8 Å². The van der Waals surface area contributed by atoms with E-state index in [-0.39, 0.29) is 16.9 Å². The molecule has 0 aromatic rings. The number of nitrogens with zero attached hydrogens (tertiary/aromatic N) is 1. The summed E-state index contributed by atoms with van der Waals surface area (Å²) in [4.78, 5) is 4.27. The Morgan fingerprint density at radius 1 is 1.15 bits per heavy atom. The smallest absolute Gasteiger partial charge is 0.370 e. The van der Waals surface area contributed by atoms with Gasteiger partial charge in [0, 0.05) is 0 Å². The van der Waals surface area contributed by atoms with E-state index in [9.17, 15) is 13.2 Å². The number of alkyl halides is 3. The molecule has 0 saturated heterocycles. The van der Waals surface area contributed by atoms with E-state index in [1.165, 1.54) is 0 Å². The molecule has 6 nitrogen and oxygen atoms in total. The van der Waals surface area contributed by atoms with E-state index in [2.05, 4.69) is 39.6 Å². The fraction of sp³-hybridized carbons (Fsp3) is 0.900. The van der Waals surface area contributed by atoms with Crippen LogP contribution in [0.2, 0.25) is 0 Å².